The Morgan fingerprint density at radius 2 is 0.538 bits per heavy atom. The zero-order valence-corrected chi connectivity index (χ0v) is 26.2. The zero-order valence-electron chi connectivity index (χ0n) is 26.2. The Balaban J connectivity index is 0. The molecule has 0 aromatic carbocycles. The van der Waals surface area contributed by atoms with Gasteiger partial charge >= 0.3 is 23.9 Å². The van der Waals surface area contributed by atoms with Gasteiger partial charge in [-0.1, -0.05) is 55.4 Å². The second-order valence-corrected chi connectivity index (χ2v) is 9.78. The van der Waals surface area contributed by atoms with Gasteiger partial charge in [-0.05, 0) is 64.2 Å². The maximum atomic E-state index is 11.6. The first-order chi connectivity index (χ1) is 18.7. The van der Waals surface area contributed by atoms with Crippen LogP contribution >= 0.6 is 0 Å². The molecule has 0 unspecified atom stereocenters. The van der Waals surface area contributed by atoms with Gasteiger partial charge in [-0.25, -0.2) is 0 Å². The molecule has 0 saturated carbocycles. The molecule has 0 aromatic rings. The summed E-state index contributed by atoms with van der Waals surface area (Å²) in [6.45, 7) is 17.4. The molecule has 0 spiro atoms. The van der Waals surface area contributed by atoms with E-state index in [2.05, 4.69) is 0 Å². The average molecular weight is 559 g/mol. The van der Waals surface area contributed by atoms with Crippen molar-refractivity contribution in [1.82, 2.24) is 0 Å². The summed E-state index contributed by atoms with van der Waals surface area (Å²) < 4.78 is 20.7. The van der Waals surface area contributed by atoms with Crippen LogP contribution in [0.4, 0.5) is 0 Å². The van der Waals surface area contributed by atoms with Crippen LogP contribution < -0.4 is 0 Å². The topological polar surface area (TPSA) is 105 Å². The highest BCUT2D eigenvalue weighted by Crippen LogP contribution is 2.13. The van der Waals surface area contributed by atoms with E-state index in [1.807, 2.05) is 55.4 Å². The fourth-order valence-corrected chi connectivity index (χ4v) is 3.91. The number of carbonyl (C=O) groups is 4. The van der Waals surface area contributed by atoms with Gasteiger partial charge in [0.2, 0.25) is 0 Å². The highest BCUT2D eigenvalue weighted by molar-refractivity contribution is 5.73. The molecule has 0 aliphatic heterocycles. The van der Waals surface area contributed by atoms with Crippen molar-refractivity contribution in [2.45, 2.75) is 126 Å². The molecule has 39 heavy (non-hydrogen) atoms. The third kappa shape index (κ3) is 18.7. The highest BCUT2D eigenvalue weighted by atomic mass is 16.5. The number of ether oxygens (including phenoxy) is 4. The first-order valence-electron chi connectivity index (χ1n) is 15.4. The van der Waals surface area contributed by atoms with Crippen molar-refractivity contribution in [3.05, 3.63) is 0 Å². The van der Waals surface area contributed by atoms with Gasteiger partial charge in [-0.2, -0.15) is 0 Å². The molecule has 0 amide bonds. The monoisotopic (exact) mass is 558 g/mol. The third-order valence-corrected chi connectivity index (χ3v) is 7.08. The van der Waals surface area contributed by atoms with Gasteiger partial charge in [0.25, 0.3) is 0 Å². The van der Waals surface area contributed by atoms with Crippen LogP contribution in [0.3, 0.4) is 0 Å². The number of esters is 4. The van der Waals surface area contributed by atoms with Crippen molar-refractivity contribution in [1.29, 1.82) is 0 Å². The summed E-state index contributed by atoms with van der Waals surface area (Å²) in [6, 6.07) is 0. The number of rotatable bonds is 21. The third-order valence-electron chi connectivity index (χ3n) is 7.08. The standard InChI is InChI=1S/C16H30O4.C15H28O4/c1-5-13(6-2)15(17)19-11-9-10-12-20-16(18)14(7-3)8-4;1-5-12(6-2)14(16)18-10-9-11-19-15(17)13(7-3)8-4/h13-14H,5-12H2,1-4H3;12-13H,5-11H2,1-4H3. The zero-order chi connectivity index (χ0) is 30.1. The molecule has 8 nitrogen and oxygen atoms in total. The van der Waals surface area contributed by atoms with Gasteiger partial charge in [0.15, 0.2) is 0 Å². The molecule has 0 heterocycles. The lowest BCUT2D eigenvalue weighted by Crippen LogP contribution is -2.19. The first kappa shape index (κ1) is 39.0. The molecule has 0 N–H and O–H groups in total. The number of unbranched alkanes of at least 4 members (excludes halogenated alkanes) is 1. The summed E-state index contributed by atoms with van der Waals surface area (Å²) in [6.07, 6.45) is 8.55. The molecule has 0 saturated heterocycles. The normalized spacial score (nSPS) is 10.9. The Bertz CT molecular complexity index is 579. The Morgan fingerprint density at radius 3 is 0.718 bits per heavy atom. The maximum Gasteiger partial charge on any atom is 0.308 e. The fourth-order valence-electron chi connectivity index (χ4n) is 3.91. The van der Waals surface area contributed by atoms with Crippen LogP contribution in [-0.2, 0) is 38.1 Å². The molecule has 230 valence electrons. The largest absolute Gasteiger partial charge is 0.465 e. The first-order valence-corrected chi connectivity index (χ1v) is 15.4. The molecular weight excluding hydrogens is 500 g/mol. The van der Waals surface area contributed by atoms with E-state index in [0.717, 1.165) is 64.2 Å². The van der Waals surface area contributed by atoms with Gasteiger partial charge in [0, 0.05) is 6.42 Å². The maximum absolute atomic E-state index is 11.6. The fraction of sp³-hybridized carbons (Fsp3) is 0.871. The van der Waals surface area contributed by atoms with Crippen LogP contribution in [0, 0.1) is 23.7 Å². The summed E-state index contributed by atoms with van der Waals surface area (Å²) in [5, 5.41) is 0. The average Bonchev–Trinajstić information content (AvgIpc) is 2.93. The minimum atomic E-state index is -0.142. The van der Waals surface area contributed by atoms with E-state index in [0.29, 0.717) is 32.8 Å². The van der Waals surface area contributed by atoms with Gasteiger partial charge in [0.05, 0.1) is 50.1 Å². The van der Waals surface area contributed by atoms with Crippen molar-refractivity contribution < 1.29 is 38.1 Å². The van der Waals surface area contributed by atoms with Crippen molar-refractivity contribution in [2.24, 2.45) is 23.7 Å². The predicted octanol–water partition coefficient (Wildman–Crippen LogP) is 7.06. The Labute approximate surface area is 238 Å². The van der Waals surface area contributed by atoms with Crippen LogP contribution in [0.25, 0.3) is 0 Å². The quantitative estimate of drug-likeness (QED) is 0.0837. The van der Waals surface area contributed by atoms with Crippen molar-refractivity contribution >= 4 is 23.9 Å². The summed E-state index contributed by atoms with van der Waals surface area (Å²) in [5.41, 5.74) is 0. The summed E-state index contributed by atoms with van der Waals surface area (Å²) in [7, 11) is 0. The minimum absolute atomic E-state index is 0.00730. The van der Waals surface area contributed by atoms with Gasteiger partial charge in [0.1, 0.15) is 0 Å². The number of carbonyl (C=O) groups excluding carboxylic acids is 4. The minimum Gasteiger partial charge on any atom is -0.465 e. The Kier molecular flexibility index (Phi) is 26.1. The molecule has 0 aliphatic carbocycles. The molecule has 0 aliphatic rings. The van der Waals surface area contributed by atoms with E-state index in [1.54, 1.807) is 0 Å². The van der Waals surface area contributed by atoms with Crippen molar-refractivity contribution in [3.63, 3.8) is 0 Å². The van der Waals surface area contributed by atoms with Crippen molar-refractivity contribution in [2.75, 3.05) is 26.4 Å². The summed E-state index contributed by atoms with van der Waals surface area (Å²) >= 11 is 0. The van der Waals surface area contributed by atoms with Crippen LogP contribution in [0.5, 0.6) is 0 Å². The molecule has 0 radical (unpaired) electrons. The Morgan fingerprint density at radius 1 is 0.359 bits per heavy atom. The molecule has 0 rings (SSSR count). The van der Waals surface area contributed by atoms with Crippen LogP contribution in [0.1, 0.15) is 126 Å². The van der Waals surface area contributed by atoms with Gasteiger partial charge in [-0.15, -0.1) is 0 Å². The van der Waals surface area contributed by atoms with Crippen LogP contribution in [0.2, 0.25) is 0 Å². The van der Waals surface area contributed by atoms with E-state index >= 15 is 0 Å². The van der Waals surface area contributed by atoms with E-state index < -0.39 is 0 Å². The summed E-state index contributed by atoms with van der Waals surface area (Å²) in [4.78, 5) is 46.4. The lowest BCUT2D eigenvalue weighted by Gasteiger charge is -2.13. The second kappa shape index (κ2) is 26.1. The molecular formula is C31H58O8. The van der Waals surface area contributed by atoms with Crippen LogP contribution in [-0.4, -0.2) is 50.3 Å². The number of hydrogen-bond acceptors (Lipinski definition) is 8. The second-order valence-electron chi connectivity index (χ2n) is 9.78. The van der Waals surface area contributed by atoms with Gasteiger partial charge < -0.3 is 18.9 Å². The Hall–Kier alpha value is -2.12. The van der Waals surface area contributed by atoms with E-state index in [4.69, 9.17) is 18.9 Å². The smallest absolute Gasteiger partial charge is 0.308 e. The van der Waals surface area contributed by atoms with E-state index in [-0.39, 0.29) is 47.5 Å². The lowest BCUT2D eigenvalue weighted by molar-refractivity contribution is -0.152. The SMILES string of the molecule is CCC(CC)C(=O)OCCCCOC(=O)C(CC)CC.CCC(CC)C(=O)OCCCOC(=O)C(CC)CC. The number of hydrogen-bond donors (Lipinski definition) is 0. The van der Waals surface area contributed by atoms with E-state index in [9.17, 15) is 19.2 Å². The molecule has 0 fully saturated rings. The molecule has 0 bridgehead atoms. The molecule has 0 aromatic heterocycles. The van der Waals surface area contributed by atoms with Crippen molar-refractivity contribution in [3.8, 4) is 0 Å². The highest BCUT2D eigenvalue weighted by Gasteiger charge is 2.18. The lowest BCUT2D eigenvalue weighted by atomic mass is 10.0. The predicted molar refractivity (Wildman–Crippen MR) is 154 cm³/mol. The van der Waals surface area contributed by atoms with Crippen LogP contribution in [0.15, 0.2) is 0 Å². The van der Waals surface area contributed by atoms with Gasteiger partial charge in [-0.3, -0.25) is 19.2 Å². The molecule has 8 heteroatoms. The van der Waals surface area contributed by atoms with E-state index in [1.165, 1.54) is 0 Å². The summed E-state index contributed by atoms with van der Waals surface area (Å²) in [5.74, 6) is -0.481. The molecule has 0 atom stereocenters.